The van der Waals surface area contributed by atoms with E-state index in [0.717, 1.165) is 79.2 Å². The number of unbranched alkanes of at least 4 members (excludes halogenated alkanes) is 2. The van der Waals surface area contributed by atoms with E-state index < -0.39 is 11.7 Å². The Balaban J connectivity index is 1.32. The molecule has 4 N–H and O–H groups in total. The molecular formula is C31H46N8O5. The van der Waals surface area contributed by atoms with E-state index in [2.05, 4.69) is 55.4 Å². The molecule has 0 unspecified atom stereocenters. The van der Waals surface area contributed by atoms with E-state index in [-0.39, 0.29) is 18.5 Å². The number of hydrogen-bond acceptors (Lipinski definition) is 10. The minimum absolute atomic E-state index is 0.184. The van der Waals surface area contributed by atoms with Crippen LogP contribution < -0.4 is 21.3 Å². The van der Waals surface area contributed by atoms with Crippen LogP contribution >= 0.6 is 0 Å². The monoisotopic (exact) mass is 610 g/mol. The first-order valence-corrected chi connectivity index (χ1v) is 15.2. The summed E-state index contributed by atoms with van der Waals surface area (Å²) in [5, 5.41) is 3.45. The van der Waals surface area contributed by atoms with Crippen molar-refractivity contribution < 1.29 is 23.9 Å². The van der Waals surface area contributed by atoms with E-state index >= 15 is 0 Å². The van der Waals surface area contributed by atoms with Gasteiger partial charge in [-0.1, -0.05) is 31.9 Å². The first kappa shape index (κ1) is 32.8. The van der Waals surface area contributed by atoms with Crippen molar-refractivity contribution in [3.05, 3.63) is 41.6 Å². The normalized spacial score (nSPS) is 14.1. The highest BCUT2D eigenvalue weighted by molar-refractivity contribution is 5.87. The lowest BCUT2D eigenvalue weighted by molar-refractivity contribution is -0.140. The standard InChI is InChI=1S/C31H46N8O5/c1-6-7-8-12-33-28-27-24(34-29(32)35-28)11-13-39(27)20-23-10-9-22(18-25(23)42-5)19-37-14-16-38(17-15-37)26(40)21-43-36-30(41)44-31(2,3)4/h9-11,13,18H,6-8,12,14-17,19-21H2,1-5H3,(H,36,41)(H3,32,33,34,35). The number of hydroxylamine groups is 1. The van der Waals surface area contributed by atoms with Gasteiger partial charge in [-0.15, -0.1) is 0 Å². The van der Waals surface area contributed by atoms with Crippen LogP contribution in [0, 0.1) is 0 Å². The summed E-state index contributed by atoms with van der Waals surface area (Å²) in [6, 6.07) is 8.25. The number of aromatic nitrogens is 3. The lowest BCUT2D eigenvalue weighted by Gasteiger charge is -2.34. The molecule has 1 aromatic carbocycles. The Bertz CT molecular complexity index is 1410. The molecular weight excluding hydrogens is 564 g/mol. The lowest BCUT2D eigenvalue weighted by atomic mass is 10.1. The van der Waals surface area contributed by atoms with Gasteiger partial charge in [0, 0.05) is 51.0 Å². The first-order valence-electron chi connectivity index (χ1n) is 15.2. The number of amides is 2. The van der Waals surface area contributed by atoms with E-state index in [1.54, 1.807) is 32.8 Å². The molecule has 1 aliphatic heterocycles. The summed E-state index contributed by atoms with van der Waals surface area (Å²) in [5.41, 5.74) is 11.4. The Morgan fingerprint density at radius 1 is 1.05 bits per heavy atom. The minimum Gasteiger partial charge on any atom is -0.496 e. The highest BCUT2D eigenvalue weighted by atomic mass is 16.7. The van der Waals surface area contributed by atoms with Crippen LogP contribution in [0.2, 0.25) is 0 Å². The number of nitrogen functional groups attached to an aromatic ring is 1. The number of nitrogens with one attached hydrogen (secondary N) is 2. The fourth-order valence-corrected chi connectivity index (χ4v) is 5.12. The Labute approximate surface area is 259 Å². The average Bonchev–Trinajstić information content (AvgIpc) is 3.37. The number of anilines is 2. The number of ether oxygens (including phenoxy) is 2. The van der Waals surface area contributed by atoms with Crippen LogP contribution in [0.4, 0.5) is 16.6 Å². The maximum atomic E-state index is 12.5. The predicted molar refractivity (Wildman–Crippen MR) is 169 cm³/mol. The number of methoxy groups -OCH3 is 1. The van der Waals surface area contributed by atoms with E-state index in [0.29, 0.717) is 19.6 Å². The summed E-state index contributed by atoms with van der Waals surface area (Å²) in [6.45, 7) is 11.9. The van der Waals surface area contributed by atoms with Crippen LogP contribution in [0.25, 0.3) is 11.0 Å². The predicted octanol–water partition coefficient (Wildman–Crippen LogP) is 3.77. The van der Waals surface area contributed by atoms with Gasteiger partial charge in [0.15, 0.2) is 12.4 Å². The highest BCUT2D eigenvalue weighted by Crippen LogP contribution is 2.27. The van der Waals surface area contributed by atoms with Gasteiger partial charge in [0.25, 0.3) is 5.91 Å². The highest BCUT2D eigenvalue weighted by Gasteiger charge is 2.23. The summed E-state index contributed by atoms with van der Waals surface area (Å²) in [6.07, 6.45) is 4.64. The molecule has 2 amide bonds. The van der Waals surface area contributed by atoms with E-state index in [9.17, 15) is 9.59 Å². The molecule has 2 aromatic heterocycles. The van der Waals surface area contributed by atoms with Crippen molar-refractivity contribution in [2.24, 2.45) is 0 Å². The second-order valence-electron chi connectivity index (χ2n) is 11.9. The number of rotatable bonds is 13. The molecule has 1 saturated heterocycles. The number of piperazine rings is 1. The summed E-state index contributed by atoms with van der Waals surface area (Å²) in [7, 11) is 1.69. The molecule has 3 heterocycles. The van der Waals surface area contributed by atoms with Gasteiger partial charge in [0.2, 0.25) is 5.95 Å². The maximum absolute atomic E-state index is 12.5. The van der Waals surface area contributed by atoms with E-state index in [1.807, 2.05) is 12.3 Å². The number of nitrogens with two attached hydrogens (primary N) is 1. The molecule has 1 fully saturated rings. The molecule has 0 spiro atoms. The number of nitrogens with zero attached hydrogens (tertiary/aromatic N) is 5. The lowest BCUT2D eigenvalue weighted by Crippen LogP contribution is -2.49. The second kappa shape index (κ2) is 15.1. The zero-order chi connectivity index (χ0) is 31.7. The van der Waals surface area contributed by atoms with E-state index in [1.165, 1.54) is 0 Å². The third kappa shape index (κ3) is 9.20. The van der Waals surface area contributed by atoms with Crippen LogP contribution in [-0.2, 0) is 27.5 Å². The third-order valence-electron chi connectivity index (χ3n) is 7.27. The Morgan fingerprint density at radius 2 is 1.82 bits per heavy atom. The van der Waals surface area contributed by atoms with Crippen molar-refractivity contribution in [3.63, 3.8) is 0 Å². The maximum Gasteiger partial charge on any atom is 0.431 e. The quantitative estimate of drug-likeness (QED) is 0.193. The SMILES string of the molecule is CCCCCNc1nc(N)nc2ccn(Cc3ccc(CN4CCN(C(=O)CONC(=O)OC(C)(C)C)CC4)cc3OC)c12. The Hall–Kier alpha value is -4.10. The van der Waals surface area contributed by atoms with Gasteiger partial charge in [-0.3, -0.25) is 14.5 Å². The average molecular weight is 611 g/mol. The van der Waals surface area contributed by atoms with Gasteiger partial charge in [-0.25, -0.2) is 9.78 Å². The van der Waals surface area contributed by atoms with Crippen molar-refractivity contribution in [1.82, 2.24) is 29.8 Å². The van der Waals surface area contributed by atoms with Gasteiger partial charge < -0.3 is 30.0 Å². The minimum atomic E-state index is -0.725. The topological polar surface area (TPSA) is 149 Å². The molecule has 0 aliphatic carbocycles. The molecule has 4 rings (SSSR count). The van der Waals surface area contributed by atoms with Crippen molar-refractivity contribution >= 4 is 34.8 Å². The molecule has 0 bridgehead atoms. The Morgan fingerprint density at radius 3 is 2.52 bits per heavy atom. The summed E-state index contributed by atoms with van der Waals surface area (Å²) in [5.74, 6) is 1.62. The van der Waals surface area contributed by atoms with Crippen LogP contribution in [0.1, 0.15) is 58.1 Å². The van der Waals surface area contributed by atoms with E-state index in [4.69, 9.17) is 20.0 Å². The molecule has 0 saturated carbocycles. The zero-order valence-corrected chi connectivity index (χ0v) is 26.5. The van der Waals surface area contributed by atoms with Crippen LogP contribution in [0.15, 0.2) is 30.5 Å². The molecule has 1 aliphatic rings. The molecule has 13 nitrogen and oxygen atoms in total. The van der Waals surface area contributed by atoms with Crippen LogP contribution in [-0.4, -0.2) is 88.4 Å². The third-order valence-corrected chi connectivity index (χ3v) is 7.27. The number of fused-ring (bicyclic) bond motifs is 1. The molecule has 44 heavy (non-hydrogen) atoms. The molecule has 3 aromatic rings. The van der Waals surface area contributed by atoms with Gasteiger partial charge >= 0.3 is 6.09 Å². The first-order chi connectivity index (χ1) is 21.1. The molecule has 0 radical (unpaired) electrons. The fraction of sp³-hybridized carbons (Fsp3) is 0.548. The second-order valence-corrected chi connectivity index (χ2v) is 11.9. The summed E-state index contributed by atoms with van der Waals surface area (Å²) in [4.78, 5) is 42.2. The molecule has 240 valence electrons. The van der Waals surface area contributed by atoms with Crippen molar-refractivity contribution in [1.29, 1.82) is 0 Å². The van der Waals surface area contributed by atoms with Crippen molar-refractivity contribution in [3.8, 4) is 5.75 Å². The Kier molecular flexibility index (Phi) is 11.2. The number of hydrogen-bond donors (Lipinski definition) is 3. The van der Waals surface area contributed by atoms with Gasteiger partial charge in [0.1, 0.15) is 16.9 Å². The van der Waals surface area contributed by atoms with Crippen LogP contribution in [0.3, 0.4) is 0 Å². The van der Waals surface area contributed by atoms with Gasteiger partial charge in [-0.2, -0.15) is 10.5 Å². The molecule has 13 heteroatoms. The number of carbonyl (C=O) groups excluding carboxylic acids is 2. The largest absolute Gasteiger partial charge is 0.496 e. The fourth-order valence-electron chi connectivity index (χ4n) is 5.12. The smallest absolute Gasteiger partial charge is 0.431 e. The summed E-state index contributed by atoms with van der Waals surface area (Å²) >= 11 is 0. The van der Waals surface area contributed by atoms with Gasteiger partial charge in [0.05, 0.1) is 19.2 Å². The summed E-state index contributed by atoms with van der Waals surface area (Å²) < 4.78 is 13.0. The number of benzene rings is 1. The van der Waals surface area contributed by atoms with Crippen molar-refractivity contribution in [2.75, 3.05) is 57.5 Å². The zero-order valence-electron chi connectivity index (χ0n) is 26.5. The van der Waals surface area contributed by atoms with Gasteiger partial charge in [-0.05, 0) is 44.9 Å². The number of carbonyl (C=O) groups is 2. The molecule has 0 atom stereocenters. The van der Waals surface area contributed by atoms with Crippen LogP contribution in [0.5, 0.6) is 5.75 Å². The van der Waals surface area contributed by atoms with Crippen molar-refractivity contribution in [2.45, 2.75) is 65.6 Å².